The van der Waals surface area contributed by atoms with Crippen molar-refractivity contribution in [2.24, 2.45) is 0 Å². The van der Waals surface area contributed by atoms with E-state index in [1.54, 1.807) is 24.0 Å². The van der Waals surface area contributed by atoms with Crippen molar-refractivity contribution in [2.45, 2.75) is 25.3 Å². The van der Waals surface area contributed by atoms with Gasteiger partial charge in [0.25, 0.3) is 0 Å². The second kappa shape index (κ2) is 14.5. The van der Waals surface area contributed by atoms with Gasteiger partial charge in [0.1, 0.15) is 6.04 Å². The zero-order valence-corrected chi connectivity index (χ0v) is 21.0. The average molecular weight is 520 g/mol. The molecule has 37 heavy (non-hydrogen) atoms. The van der Waals surface area contributed by atoms with Crippen molar-refractivity contribution in [3.05, 3.63) is 23.8 Å². The highest BCUT2D eigenvalue weighted by molar-refractivity contribution is 6.27. The molecule has 1 aromatic carbocycles. The number of methoxy groups -OCH3 is 2. The number of nitrogens with zero attached hydrogens (tertiary/aromatic N) is 4. The van der Waals surface area contributed by atoms with Crippen molar-refractivity contribution in [2.75, 3.05) is 60.0 Å². The molecule has 13 heteroatoms. The zero-order chi connectivity index (χ0) is 27.4. The summed E-state index contributed by atoms with van der Waals surface area (Å²) in [5.74, 6) is -2.32. The number of ether oxygens (including phenoxy) is 2. The van der Waals surface area contributed by atoms with E-state index in [0.717, 1.165) is 24.8 Å². The van der Waals surface area contributed by atoms with E-state index in [9.17, 15) is 9.59 Å². The van der Waals surface area contributed by atoms with Gasteiger partial charge < -0.3 is 39.7 Å². The average Bonchev–Trinajstić information content (AvgIpc) is 3.51. The number of likely N-dealkylation sites (tertiary alicyclic amines) is 1. The van der Waals surface area contributed by atoms with Crippen LogP contribution in [0.25, 0.3) is 0 Å². The summed E-state index contributed by atoms with van der Waals surface area (Å²) in [7, 11) is 3.22. The van der Waals surface area contributed by atoms with E-state index >= 15 is 0 Å². The van der Waals surface area contributed by atoms with Gasteiger partial charge >= 0.3 is 18.0 Å². The lowest BCUT2D eigenvalue weighted by Crippen LogP contribution is -2.43. The molecular weight excluding hydrogens is 486 g/mol. The Kier molecular flexibility index (Phi) is 11.4. The molecule has 0 radical (unpaired) electrons. The van der Waals surface area contributed by atoms with Gasteiger partial charge in [0.2, 0.25) is 5.91 Å². The van der Waals surface area contributed by atoms with Crippen LogP contribution in [0.3, 0.4) is 0 Å². The van der Waals surface area contributed by atoms with Gasteiger partial charge in [-0.3, -0.25) is 4.79 Å². The van der Waals surface area contributed by atoms with Crippen LogP contribution in [0.1, 0.15) is 18.4 Å². The summed E-state index contributed by atoms with van der Waals surface area (Å²) < 4.78 is 10.6. The van der Waals surface area contributed by atoms with Gasteiger partial charge in [0, 0.05) is 39.3 Å². The molecule has 0 bridgehead atoms. The highest BCUT2D eigenvalue weighted by atomic mass is 16.5. The van der Waals surface area contributed by atoms with Crippen molar-refractivity contribution in [1.29, 1.82) is 5.26 Å². The second-order valence-electron chi connectivity index (χ2n) is 8.36. The fourth-order valence-corrected chi connectivity index (χ4v) is 4.06. The topological polar surface area (TPSA) is 173 Å². The molecule has 3 rings (SSSR count). The number of hydrogen-bond acceptors (Lipinski definition) is 8. The summed E-state index contributed by atoms with van der Waals surface area (Å²) in [4.78, 5) is 48.4. The Bertz CT molecular complexity index is 999. The molecule has 2 heterocycles. The van der Waals surface area contributed by atoms with E-state index < -0.39 is 11.9 Å². The number of hydrogen-bond donors (Lipinski definition) is 3. The number of rotatable bonds is 10. The molecule has 2 aliphatic heterocycles. The van der Waals surface area contributed by atoms with Crippen LogP contribution < -0.4 is 14.8 Å². The molecule has 0 aromatic heterocycles. The van der Waals surface area contributed by atoms with Crippen LogP contribution in [0.4, 0.5) is 4.79 Å². The van der Waals surface area contributed by atoms with Crippen molar-refractivity contribution >= 4 is 23.9 Å². The summed E-state index contributed by atoms with van der Waals surface area (Å²) in [6.45, 7) is 3.97. The van der Waals surface area contributed by atoms with Gasteiger partial charge in [-0.05, 0) is 37.0 Å². The standard InChI is InChI=1S/C22H31N5O4.C2H2O4/c1-30-19-6-5-17(14-20(19)31-2)7-10-25-12-13-26(22(25)29)11-8-24-16-21(28)27-9-3-4-18(27)15-23;3-1(4)2(5)6/h5-6,14,18,24H,3-4,7-13,16H2,1-2H3;(H,3,4)(H,5,6)/t18-;/m0./s1. The molecule has 0 unspecified atom stereocenters. The van der Waals surface area contributed by atoms with E-state index in [4.69, 9.17) is 34.5 Å². The maximum atomic E-state index is 12.6. The smallest absolute Gasteiger partial charge is 0.414 e. The second-order valence-corrected chi connectivity index (χ2v) is 8.36. The van der Waals surface area contributed by atoms with Crippen LogP contribution in [0.5, 0.6) is 11.5 Å². The Morgan fingerprint density at radius 2 is 1.70 bits per heavy atom. The van der Waals surface area contributed by atoms with Gasteiger partial charge in [-0.15, -0.1) is 0 Å². The Hall–Kier alpha value is -4.05. The molecule has 1 atom stereocenters. The van der Waals surface area contributed by atoms with Gasteiger partial charge in [0.05, 0.1) is 26.8 Å². The Morgan fingerprint density at radius 3 is 2.30 bits per heavy atom. The molecule has 2 aliphatic rings. The van der Waals surface area contributed by atoms with Crippen LogP contribution >= 0.6 is 0 Å². The van der Waals surface area contributed by atoms with Crippen molar-refractivity contribution in [1.82, 2.24) is 20.0 Å². The summed E-state index contributed by atoms with van der Waals surface area (Å²) >= 11 is 0. The van der Waals surface area contributed by atoms with Gasteiger partial charge in [-0.2, -0.15) is 5.26 Å². The first-order chi connectivity index (χ1) is 17.7. The lowest BCUT2D eigenvalue weighted by Gasteiger charge is -2.21. The van der Waals surface area contributed by atoms with Gasteiger partial charge in [0.15, 0.2) is 11.5 Å². The Balaban J connectivity index is 0.000000717. The SMILES string of the molecule is COc1ccc(CCN2CCN(CCNCC(=O)N3CCC[C@H]3C#N)C2=O)cc1OC.O=C(O)C(=O)O. The van der Waals surface area contributed by atoms with Crippen LogP contribution in [-0.2, 0) is 20.8 Å². The third-order valence-electron chi connectivity index (χ3n) is 6.04. The number of aliphatic carboxylic acids is 2. The number of benzene rings is 1. The molecular formula is C24H33N5O8. The number of carboxylic acid groups (broad SMARTS) is 2. The number of carbonyl (C=O) groups excluding carboxylic acids is 2. The zero-order valence-electron chi connectivity index (χ0n) is 21.0. The van der Waals surface area contributed by atoms with Gasteiger partial charge in [-0.25, -0.2) is 14.4 Å². The fourth-order valence-electron chi connectivity index (χ4n) is 4.06. The number of carbonyl (C=O) groups is 4. The Morgan fingerprint density at radius 1 is 1.05 bits per heavy atom. The molecule has 0 aliphatic carbocycles. The van der Waals surface area contributed by atoms with Crippen LogP contribution in [-0.4, -0.2) is 115 Å². The van der Waals surface area contributed by atoms with E-state index in [2.05, 4.69) is 11.4 Å². The van der Waals surface area contributed by atoms with Crippen LogP contribution in [0, 0.1) is 11.3 Å². The first kappa shape index (κ1) is 29.2. The van der Waals surface area contributed by atoms with Gasteiger partial charge in [-0.1, -0.05) is 6.07 Å². The molecule has 0 saturated carbocycles. The minimum absolute atomic E-state index is 0.0256. The van der Waals surface area contributed by atoms with Crippen molar-refractivity contribution < 1.29 is 38.9 Å². The first-order valence-electron chi connectivity index (χ1n) is 11.8. The third kappa shape index (κ3) is 8.53. The molecule has 202 valence electrons. The number of carboxylic acids is 2. The first-order valence-corrected chi connectivity index (χ1v) is 11.8. The van der Waals surface area contributed by atoms with Crippen LogP contribution in [0.15, 0.2) is 18.2 Å². The lowest BCUT2D eigenvalue weighted by atomic mass is 10.1. The molecule has 13 nitrogen and oxygen atoms in total. The minimum Gasteiger partial charge on any atom is -0.493 e. The summed E-state index contributed by atoms with van der Waals surface area (Å²) in [6.07, 6.45) is 2.37. The Labute approximate surface area is 215 Å². The van der Waals surface area contributed by atoms with Crippen LogP contribution in [0.2, 0.25) is 0 Å². The van der Waals surface area contributed by atoms with E-state index in [-0.39, 0.29) is 24.5 Å². The van der Waals surface area contributed by atoms with E-state index in [1.165, 1.54) is 0 Å². The van der Waals surface area contributed by atoms with E-state index in [0.29, 0.717) is 50.8 Å². The molecule has 1 aromatic rings. The summed E-state index contributed by atoms with van der Waals surface area (Å²) in [5, 5.41) is 27.0. The largest absolute Gasteiger partial charge is 0.493 e. The quantitative estimate of drug-likeness (QED) is 0.287. The summed E-state index contributed by atoms with van der Waals surface area (Å²) in [6, 6.07) is 7.71. The normalized spacial score (nSPS) is 16.6. The molecule has 2 saturated heterocycles. The fraction of sp³-hybridized carbons (Fsp3) is 0.542. The highest BCUT2D eigenvalue weighted by Crippen LogP contribution is 2.27. The van der Waals surface area contributed by atoms with E-state index in [1.807, 2.05) is 23.1 Å². The minimum atomic E-state index is -1.82. The highest BCUT2D eigenvalue weighted by Gasteiger charge is 2.29. The third-order valence-corrected chi connectivity index (χ3v) is 6.04. The number of amides is 3. The predicted octanol–water partition coefficient (Wildman–Crippen LogP) is 0.244. The van der Waals surface area contributed by atoms with Crippen molar-refractivity contribution in [3.63, 3.8) is 0 Å². The molecule has 0 spiro atoms. The summed E-state index contributed by atoms with van der Waals surface area (Å²) in [5.41, 5.74) is 1.08. The monoisotopic (exact) mass is 519 g/mol. The predicted molar refractivity (Wildman–Crippen MR) is 130 cm³/mol. The maximum Gasteiger partial charge on any atom is 0.414 e. The number of urea groups is 1. The van der Waals surface area contributed by atoms with Crippen molar-refractivity contribution in [3.8, 4) is 17.6 Å². The molecule has 3 N–H and O–H groups in total. The lowest BCUT2D eigenvalue weighted by molar-refractivity contribution is -0.159. The maximum absolute atomic E-state index is 12.6. The number of nitrogens with one attached hydrogen (secondary N) is 1. The molecule has 2 fully saturated rings. The molecule has 3 amide bonds. The number of nitriles is 1.